The number of rotatable bonds is 1. The van der Waals surface area contributed by atoms with E-state index in [1.165, 1.54) is 12.1 Å². The van der Waals surface area contributed by atoms with Crippen molar-refractivity contribution in [2.45, 2.75) is 0 Å². The summed E-state index contributed by atoms with van der Waals surface area (Å²) in [5.41, 5.74) is -0.0131. The van der Waals surface area contributed by atoms with Gasteiger partial charge in [-0.25, -0.2) is 4.98 Å². The van der Waals surface area contributed by atoms with Crippen LogP contribution in [-0.2, 0) is 0 Å². The highest BCUT2D eigenvalue weighted by Crippen LogP contribution is 2.17. The normalized spacial score (nSPS) is 9.73. The molecule has 0 spiro atoms. The minimum absolute atomic E-state index is 0.0131. The van der Waals surface area contributed by atoms with Gasteiger partial charge in [0.25, 0.3) is 5.24 Å². The minimum Gasteiger partial charge on any atom is -0.274 e. The molecule has 1 aromatic rings. The van der Waals surface area contributed by atoms with Crippen LogP contribution < -0.4 is 0 Å². The molecule has 1 aromatic heterocycles. The third-order valence-corrected chi connectivity index (χ3v) is 1.69. The summed E-state index contributed by atoms with van der Waals surface area (Å²) in [7, 11) is 0. The van der Waals surface area contributed by atoms with Crippen molar-refractivity contribution >= 4 is 40.0 Å². The van der Waals surface area contributed by atoms with Gasteiger partial charge in [0.05, 0.1) is 5.02 Å². The molecule has 0 aliphatic carbocycles. The van der Waals surface area contributed by atoms with Crippen molar-refractivity contribution in [1.29, 1.82) is 0 Å². The molecular weight excluding hydrogens is 208 g/mol. The second-order valence-corrected chi connectivity index (χ2v) is 2.88. The number of carbonyl (C=O) groups excluding carboxylic acids is 1. The molecule has 58 valence electrons. The van der Waals surface area contributed by atoms with Crippen LogP contribution in [0.2, 0.25) is 10.2 Å². The van der Waals surface area contributed by atoms with Crippen molar-refractivity contribution in [3.8, 4) is 0 Å². The van der Waals surface area contributed by atoms with E-state index in [1.807, 2.05) is 0 Å². The first-order valence-electron chi connectivity index (χ1n) is 2.63. The second-order valence-electron chi connectivity index (χ2n) is 1.74. The lowest BCUT2D eigenvalue weighted by Gasteiger charge is -1.95. The Kier molecular flexibility index (Phi) is 2.71. The molecule has 0 bridgehead atoms. The molecular formula is C6H2Cl3NO. The number of carbonyl (C=O) groups is 1. The Bertz CT molecular complexity index is 300. The molecule has 11 heavy (non-hydrogen) atoms. The number of hydrogen-bond donors (Lipinski definition) is 0. The van der Waals surface area contributed by atoms with Gasteiger partial charge in [-0.1, -0.05) is 23.2 Å². The van der Waals surface area contributed by atoms with Crippen molar-refractivity contribution in [2.75, 3.05) is 0 Å². The van der Waals surface area contributed by atoms with Crippen molar-refractivity contribution < 1.29 is 4.79 Å². The highest BCUT2D eigenvalue weighted by Gasteiger charge is 2.08. The van der Waals surface area contributed by atoms with Crippen molar-refractivity contribution in [2.24, 2.45) is 0 Å². The van der Waals surface area contributed by atoms with Crippen LogP contribution in [0.4, 0.5) is 0 Å². The zero-order valence-corrected chi connectivity index (χ0v) is 7.41. The van der Waals surface area contributed by atoms with Gasteiger partial charge in [-0.2, -0.15) is 0 Å². The zero-order valence-electron chi connectivity index (χ0n) is 5.14. The van der Waals surface area contributed by atoms with Gasteiger partial charge in [0, 0.05) is 0 Å². The van der Waals surface area contributed by atoms with Gasteiger partial charge in [0.1, 0.15) is 10.8 Å². The molecule has 1 heterocycles. The topological polar surface area (TPSA) is 30.0 Å². The molecule has 0 aromatic carbocycles. The van der Waals surface area contributed by atoms with Crippen molar-refractivity contribution in [1.82, 2.24) is 4.98 Å². The Morgan fingerprint density at radius 1 is 1.36 bits per heavy atom. The van der Waals surface area contributed by atoms with Crippen LogP contribution in [0.5, 0.6) is 0 Å². The zero-order chi connectivity index (χ0) is 8.43. The van der Waals surface area contributed by atoms with E-state index in [0.717, 1.165) is 0 Å². The Hall–Kier alpha value is -0.310. The Balaban J connectivity index is 3.23. The van der Waals surface area contributed by atoms with Crippen LogP contribution in [0.3, 0.4) is 0 Å². The van der Waals surface area contributed by atoms with Crippen molar-refractivity contribution in [3.05, 3.63) is 28.0 Å². The summed E-state index contributed by atoms with van der Waals surface area (Å²) in [6.07, 6.45) is 0. The predicted molar refractivity (Wildman–Crippen MR) is 44.4 cm³/mol. The van der Waals surface area contributed by atoms with Crippen LogP contribution >= 0.6 is 34.8 Å². The Morgan fingerprint density at radius 3 is 2.45 bits per heavy atom. The van der Waals surface area contributed by atoms with Crippen LogP contribution in [0, 0.1) is 0 Å². The maximum Gasteiger partial charge on any atom is 0.272 e. The molecule has 0 fully saturated rings. The van der Waals surface area contributed by atoms with Gasteiger partial charge in [-0.3, -0.25) is 4.79 Å². The van der Waals surface area contributed by atoms with E-state index < -0.39 is 5.24 Å². The average Bonchev–Trinajstić information content (AvgIpc) is 1.94. The first-order chi connectivity index (χ1) is 5.11. The summed E-state index contributed by atoms with van der Waals surface area (Å²) >= 11 is 16.2. The lowest BCUT2D eigenvalue weighted by Crippen LogP contribution is -1.94. The summed E-state index contributed by atoms with van der Waals surface area (Å²) in [6.45, 7) is 0. The smallest absolute Gasteiger partial charge is 0.272 e. The molecule has 0 atom stereocenters. The van der Waals surface area contributed by atoms with Gasteiger partial charge in [0.2, 0.25) is 0 Å². The molecule has 0 N–H and O–H groups in total. The fourth-order valence-electron chi connectivity index (χ4n) is 0.556. The van der Waals surface area contributed by atoms with Gasteiger partial charge in [-0.05, 0) is 23.7 Å². The van der Waals surface area contributed by atoms with Crippen LogP contribution in [0.1, 0.15) is 10.5 Å². The monoisotopic (exact) mass is 209 g/mol. The molecule has 0 amide bonds. The summed E-state index contributed by atoms with van der Waals surface area (Å²) in [4.78, 5) is 14.2. The standard InChI is InChI=1S/C6H2Cl3NO/c7-3-1-2-4(8)10-5(3)6(9)11/h1-2H. The van der Waals surface area contributed by atoms with Gasteiger partial charge in [-0.15, -0.1) is 0 Å². The molecule has 5 heteroatoms. The van der Waals surface area contributed by atoms with Crippen LogP contribution in [-0.4, -0.2) is 10.2 Å². The van der Waals surface area contributed by atoms with Crippen LogP contribution in [0.25, 0.3) is 0 Å². The SMILES string of the molecule is O=C(Cl)c1nc(Cl)ccc1Cl. The third kappa shape index (κ3) is 2.06. The summed E-state index contributed by atoms with van der Waals surface area (Å²) in [5, 5.41) is -0.315. The average molecular weight is 210 g/mol. The molecule has 0 saturated heterocycles. The summed E-state index contributed by atoms with van der Waals surface area (Å²) < 4.78 is 0. The van der Waals surface area contributed by atoms with Gasteiger partial charge >= 0.3 is 0 Å². The Morgan fingerprint density at radius 2 is 2.00 bits per heavy atom. The first kappa shape index (κ1) is 8.78. The number of nitrogens with zero attached hydrogens (tertiary/aromatic N) is 1. The van der Waals surface area contributed by atoms with E-state index in [9.17, 15) is 4.79 Å². The lowest BCUT2D eigenvalue weighted by atomic mass is 10.4. The maximum atomic E-state index is 10.6. The summed E-state index contributed by atoms with van der Waals surface area (Å²) in [5.74, 6) is 0. The fourth-order valence-corrected chi connectivity index (χ4v) is 1.09. The second kappa shape index (κ2) is 3.39. The summed E-state index contributed by atoms with van der Waals surface area (Å²) in [6, 6.07) is 2.94. The molecule has 0 unspecified atom stereocenters. The van der Waals surface area contributed by atoms with Gasteiger partial charge < -0.3 is 0 Å². The first-order valence-corrected chi connectivity index (χ1v) is 3.76. The van der Waals surface area contributed by atoms with E-state index in [1.54, 1.807) is 0 Å². The van der Waals surface area contributed by atoms with E-state index >= 15 is 0 Å². The number of pyridine rings is 1. The number of aromatic nitrogens is 1. The van der Waals surface area contributed by atoms with E-state index in [2.05, 4.69) is 4.98 Å². The molecule has 2 nitrogen and oxygen atoms in total. The van der Waals surface area contributed by atoms with E-state index in [0.29, 0.717) is 0 Å². The fraction of sp³-hybridized carbons (Fsp3) is 0. The quantitative estimate of drug-likeness (QED) is 0.527. The third-order valence-electron chi connectivity index (χ3n) is 0.998. The highest BCUT2D eigenvalue weighted by atomic mass is 35.5. The molecule has 0 radical (unpaired) electrons. The Labute approximate surface area is 78.1 Å². The molecule has 0 aliphatic heterocycles. The highest BCUT2D eigenvalue weighted by molar-refractivity contribution is 6.68. The van der Waals surface area contributed by atoms with E-state index in [4.69, 9.17) is 34.8 Å². The number of halogens is 3. The maximum absolute atomic E-state index is 10.6. The van der Waals surface area contributed by atoms with Crippen LogP contribution in [0.15, 0.2) is 12.1 Å². The van der Waals surface area contributed by atoms with Crippen molar-refractivity contribution in [3.63, 3.8) is 0 Å². The molecule has 0 saturated carbocycles. The number of hydrogen-bond acceptors (Lipinski definition) is 2. The lowest BCUT2D eigenvalue weighted by molar-refractivity contribution is 0.107. The van der Waals surface area contributed by atoms with E-state index in [-0.39, 0.29) is 15.9 Å². The molecule has 1 rings (SSSR count). The largest absolute Gasteiger partial charge is 0.274 e. The van der Waals surface area contributed by atoms with Gasteiger partial charge in [0.15, 0.2) is 0 Å². The molecule has 0 aliphatic rings. The predicted octanol–water partition coefficient (Wildman–Crippen LogP) is 2.77. The minimum atomic E-state index is -0.711.